The van der Waals surface area contributed by atoms with Gasteiger partial charge in [0, 0.05) is 19.0 Å². The van der Waals surface area contributed by atoms with Crippen molar-refractivity contribution >= 4 is 23.1 Å². The molecule has 1 aliphatic rings. The van der Waals surface area contributed by atoms with Crippen molar-refractivity contribution in [2.24, 2.45) is 5.92 Å². The number of hydrogen-bond acceptors (Lipinski definition) is 6. The van der Waals surface area contributed by atoms with Crippen LogP contribution in [0.4, 0.5) is 11.5 Å². The van der Waals surface area contributed by atoms with Crippen LogP contribution in [0.5, 0.6) is 5.75 Å². The quantitative estimate of drug-likeness (QED) is 0.716. The van der Waals surface area contributed by atoms with Crippen LogP contribution in [0, 0.1) is 5.92 Å². The first-order chi connectivity index (χ1) is 14.1. The lowest BCUT2D eigenvalue weighted by atomic mass is 9.97. The molecular weight excluding hydrogens is 368 g/mol. The number of carbonyl (C=O) groups excluding carboxylic acids is 1. The smallest absolute Gasteiger partial charge is 0.229 e. The molecule has 1 N–H and O–H groups in total. The Kier molecular flexibility index (Phi) is 5.33. The Morgan fingerprint density at radius 1 is 1.21 bits per heavy atom. The molecule has 1 saturated heterocycles. The zero-order valence-electron chi connectivity index (χ0n) is 17.0. The largest absolute Gasteiger partial charge is 0.495 e. The van der Waals surface area contributed by atoms with E-state index < -0.39 is 0 Å². The minimum atomic E-state index is -0.114. The van der Waals surface area contributed by atoms with E-state index in [4.69, 9.17) is 9.84 Å². The summed E-state index contributed by atoms with van der Waals surface area (Å²) in [6, 6.07) is 11.3. The fourth-order valence-electron chi connectivity index (χ4n) is 3.71. The van der Waals surface area contributed by atoms with Crippen molar-refractivity contribution in [2.75, 3.05) is 30.4 Å². The second kappa shape index (κ2) is 8.06. The van der Waals surface area contributed by atoms with E-state index >= 15 is 0 Å². The molecule has 8 nitrogen and oxygen atoms in total. The van der Waals surface area contributed by atoms with Crippen LogP contribution in [0.25, 0.3) is 5.65 Å². The first-order valence-electron chi connectivity index (χ1n) is 9.98. The molecule has 0 bridgehead atoms. The Balaban J connectivity index is 1.51. The number of methoxy groups -OCH3 is 1. The topological polar surface area (TPSA) is 84.6 Å². The summed E-state index contributed by atoms with van der Waals surface area (Å²) in [6.07, 6.45) is 1.78. The van der Waals surface area contributed by atoms with Crippen molar-refractivity contribution in [1.29, 1.82) is 0 Å². The fourth-order valence-corrected chi connectivity index (χ4v) is 3.71. The summed E-state index contributed by atoms with van der Waals surface area (Å²) in [5.41, 5.74) is 1.43. The Labute approximate surface area is 169 Å². The third-order valence-corrected chi connectivity index (χ3v) is 5.27. The monoisotopic (exact) mass is 394 g/mol. The van der Waals surface area contributed by atoms with Crippen molar-refractivity contribution in [1.82, 2.24) is 19.8 Å². The van der Waals surface area contributed by atoms with Gasteiger partial charge in [-0.25, -0.2) is 0 Å². The maximum Gasteiger partial charge on any atom is 0.229 e. The van der Waals surface area contributed by atoms with E-state index in [1.165, 1.54) is 0 Å². The van der Waals surface area contributed by atoms with E-state index in [9.17, 15) is 4.79 Å². The van der Waals surface area contributed by atoms with Crippen LogP contribution >= 0.6 is 0 Å². The van der Waals surface area contributed by atoms with Crippen molar-refractivity contribution in [3.63, 3.8) is 0 Å². The third kappa shape index (κ3) is 3.87. The number of fused-ring (bicyclic) bond motifs is 1. The molecule has 1 atom stereocenters. The third-order valence-electron chi connectivity index (χ3n) is 5.27. The fraction of sp³-hybridized carbons (Fsp3) is 0.429. The molecule has 4 rings (SSSR count). The highest BCUT2D eigenvalue weighted by Crippen LogP contribution is 2.27. The van der Waals surface area contributed by atoms with E-state index in [1.54, 1.807) is 11.6 Å². The first-order valence-corrected chi connectivity index (χ1v) is 9.98. The number of piperidine rings is 1. The molecular formula is C21H26N6O2. The summed E-state index contributed by atoms with van der Waals surface area (Å²) in [5, 5.41) is 16.2. The maximum absolute atomic E-state index is 12.9. The predicted molar refractivity (Wildman–Crippen MR) is 111 cm³/mol. The summed E-state index contributed by atoms with van der Waals surface area (Å²) in [4.78, 5) is 15.1. The van der Waals surface area contributed by atoms with Crippen LogP contribution in [0.3, 0.4) is 0 Å². The molecule has 29 heavy (non-hydrogen) atoms. The molecule has 1 aromatic carbocycles. The van der Waals surface area contributed by atoms with Crippen molar-refractivity contribution in [3.8, 4) is 5.75 Å². The van der Waals surface area contributed by atoms with Gasteiger partial charge in [-0.1, -0.05) is 26.0 Å². The van der Waals surface area contributed by atoms with Crippen molar-refractivity contribution in [2.45, 2.75) is 32.6 Å². The predicted octanol–water partition coefficient (Wildman–Crippen LogP) is 3.11. The number of rotatable bonds is 5. The van der Waals surface area contributed by atoms with E-state index in [1.807, 2.05) is 36.4 Å². The lowest BCUT2D eigenvalue weighted by Gasteiger charge is -2.32. The SMILES string of the molecule is COc1ccccc1NC(=O)[C@H]1CCCN(c2ccc3nnc(C(C)C)n3n2)C1. The number of amides is 1. The molecule has 8 heteroatoms. The number of para-hydroxylation sites is 2. The van der Waals surface area contributed by atoms with Gasteiger partial charge in [-0.3, -0.25) is 4.79 Å². The molecule has 1 aliphatic heterocycles. The zero-order chi connectivity index (χ0) is 20.4. The number of ether oxygens (including phenoxy) is 1. The van der Waals surface area contributed by atoms with Crippen molar-refractivity contribution in [3.05, 3.63) is 42.2 Å². The summed E-state index contributed by atoms with van der Waals surface area (Å²) in [7, 11) is 1.60. The molecule has 0 saturated carbocycles. The van der Waals surface area contributed by atoms with Gasteiger partial charge in [0.25, 0.3) is 0 Å². The minimum absolute atomic E-state index is 0.00689. The molecule has 3 heterocycles. The average molecular weight is 394 g/mol. The summed E-state index contributed by atoms with van der Waals surface area (Å²) in [5.74, 6) is 2.46. The highest BCUT2D eigenvalue weighted by Gasteiger charge is 2.27. The number of carbonyl (C=O) groups is 1. The molecule has 0 aliphatic carbocycles. The van der Waals surface area contributed by atoms with Gasteiger partial charge in [-0.15, -0.1) is 15.3 Å². The number of aromatic nitrogens is 4. The number of hydrogen-bond donors (Lipinski definition) is 1. The van der Waals surface area contributed by atoms with Gasteiger partial charge in [-0.2, -0.15) is 4.52 Å². The minimum Gasteiger partial charge on any atom is -0.495 e. The van der Waals surface area contributed by atoms with Crippen LogP contribution in [-0.4, -0.2) is 45.9 Å². The number of nitrogens with zero attached hydrogens (tertiary/aromatic N) is 5. The van der Waals surface area contributed by atoms with Gasteiger partial charge >= 0.3 is 0 Å². The Hall–Kier alpha value is -3.16. The van der Waals surface area contributed by atoms with Crippen molar-refractivity contribution < 1.29 is 9.53 Å². The molecule has 152 valence electrons. The lowest BCUT2D eigenvalue weighted by Crippen LogP contribution is -2.41. The molecule has 3 aromatic rings. The van der Waals surface area contributed by atoms with Gasteiger partial charge in [0.2, 0.25) is 5.91 Å². The van der Waals surface area contributed by atoms with E-state index in [0.717, 1.165) is 36.7 Å². The highest BCUT2D eigenvalue weighted by atomic mass is 16.5. The van der Waals surface area contributed by atoms with E-state index in [-0.39, 0.29) is 17.7 Å². The molecule has 0 spiro atoms. The number of anilines is 2. The highest BCUT2D eigenvalue weighted by molar-refractivity contribution is 5.94. The summed E-state index contributed by atoms with van der Waals surface area (Å²) < 4.78 is 7.14. The number of nitrogens with one attached hydrogen (secondary N) is 1. The van der Waals surface area contributed by atoms with Gasteiger partial charge in [0.1, 0.15) is 11.6 Å². The van der Waals surface area contributed by atoms with Crippen LogP contribution in [-0.2, 0) is 4.79 Å². The van der Waals surface area contributed by atoms with Crippen LogP contribution in [0.1, 0.15) is 38.4 Å². The summed E-state index contributed by atoms with van der Waals surface area (Å²) in [6.45, 7) is 5.64. The van der Waals surface area contributed by atoms with E-state index in [0.29, 0.717) is 18.0 Å². The Bertz CT molecular complexity index is 1020. The second-order valence-corrected chi connectivity index (χ2v) is 7.65. The van der Waals surface area contributed by atoms with Crippen LogP contribution in [0.15, 0.2) is 36.4 Å². The van der Waals surface area contributed by atoms with Gasteiger partial charge in [0.05, 0.1) is 18.7 Å². The Morgan fingerprint density at radius 3 is 2.83 bits per heavy atom. The second-order valence-electron chi connectivity index (χ2n) is 7.65. The first kappa shape index (κ1) is 19.2. The van der Waals surface area contributed by atoms with Gasteiger partial charge < -0.3 is 15.0 Å². The Morgan fingerprint density at radius 2 is 2.03 bits per heavy atom. The lowest BCUT2D eigenvalue weighted by molar-refractivity contribution is -0.120. The summed E-state index contributed by atoms with van der Waals surface area (Å²) >= 11 is 0. The molecule has 0 unspecified atom stereocenters. The van der Waals surface area contributed by atoms with Gasteiger partial charge in [-0.05, 0) is 37.1 Å². The van der Waals surface area contributed by atoms with Crippen LogP contribution in [0.2, 0.25) is 0 Å². The number of benzene rings is 1. The molecule has 0 radical (unpaired) electrons. The molecule has 2 aromatic heterocycles. The molecule has 1 amide bonds. The zero-order valence-corrected chi connectivity index (χ0v) is 17.0. The maximum atomic E-state index is 12.9. The van der Waals surface area contributed by atoms with Gasteiger partial charge in [0.15, 0.2) is 11.5 Å². The molecule has 1 fully saturated rings. The van der Waals surface area contributed by atoms with E-state index in [2.05, 4.69) is 34.3 Å². The van der Waals surface area contributed by atoms with Crippen LogP contribution < -0.4 is 15.0 Å². The normalized spacial score (nSPS) is 17.0. The average Bonchev–Trinajstić information content (AvgIpc) is 3.18. The standard InChI is InChI=1S/C21H26N6O2/c1-14(2)20-24-23-18-10-11-19(25-27(18)20)26-12-6-7-15(13-26)21(28)22-16-8-4-5-9-17(16)29-3/h4-5,8-11,14-15H,6-7,12-13H2,1-3H3,(H,22,28)/t15-/m0/s1.